The third kappa shape index (κ3) is 4.67. The largest absolute Gasteiger partial charge is 0.480 e. The second kappa shape index (κ2) is 8.11. The summed E-state index contributed by atoms with van der Waals surface area (Å²) in [6, 6.07) is 4.79. The number of nitrogens with zero attached hydrogens (tertiary/aromatic N) is 1. The molecule has 0 bridgehead atoms. The van der Waals surface area contributed by atoms with Crippen molar-refractivity contribution >= 4 is 58.1 Å². The number of carboxylic acid groups (broad SMARTS) is 1. The summed E-state index contributed by atoms with van der Waals surface area (Å²) in [6.07, 6.45) is 1.15. The molecule has 0 aromatic heterocycles. The van der Waals surface area contributed by atoms with Crippen molar-refractivity contribution in [2.24, 2.45) is 5.73 Å². The molecule has 1 atom stereocenters. The van der Waals surface area contributed by atoms with Crippen molar-refractivity contribution in [3.05, 3.63) is 40.3 Å². The van der Waals surface area contributed by atoms with Gasteiger partial charge in [-0.15, -0.1) is 0 Å². The van der Waals surface area contributed by atoms with Crippen molar-refractivity contribution in [1.82, 2.24) is 10.2 Å². The van der Waals surface area contributed by atoms with Crippen LogP contribution in [0.4, 0.5) is 0 Å². The second-order valence-corrected chi connectivity index (χ2v) is 7.07. The summed E-state index contributed by atoms with van der Waals surface area (Å²) in [5, 5.41) is 11.2. The first kappa shape index (κ1) is 19.6. The highest BCUT2D eigenvalue weighted by Crippen LogP contribution is 2.31. The maximum absolute atomic E-state index is 12.1. The van der Waals surface area contributed by atoms with Gasteiger partial charge in [0, 0.05) is 12.6 Å². The number of amides is 3. The van der Waals surface area contributed by atoms with E-state index in [1.165, 1.54) is 28.8 Å². The molecule has 1 aliphatic heterocycles. The number of hydrogen-bond acceptors (Lipinski definition) is 6. The molecule has 4 N–H and O–H groups in total. The molecule has 1 aliphatic rings. The van der Waals surface area contributed by atoms with Gasteiger partial charge in [0.1, 0.15) is 10.4 Å². The Kier molecular flexibility index (Phi) is 6.11. The highest BCUT2D eigenvalue weighted by Gasteiger charge is 2.28. The summed E-state index contributed by atoms with van der Waals surface area (Å²) in [5.41, 5.74) is 5.86. The van der Waals surface area contributed by atoms with Gasteiger partial charge in [-0.3, -0.25) is 19.3 Å². The average Bonchev–Trinajstić information content (AvgIpc) is 2.81. The standard InChI is InChI=1S/C16H15N3O5S2/c1-19-14(22)11(26-16(19)25)6-8-2-4-9(5-3-8)13(21)18-10(15(23)24)7-12(17)20/h2-6,10H,7H2,1H3,(H2,17,20)(H,18,21)(H,23,24). The predicted octanol–water partition coefficient (Wildman–Crippen LogP) is 0.576. The number of thioether (sulfide) groups is 1. The molecule has 2 rings (SSSR count). The molecule has 1 unspecified atom stereocenters. The van der Waals surface area contributed by atoms with Crippen LogP contribution in [0, 0.1) is 0 Å². The molecule has 0 saturated carbocycles. The van der Waals surface area contributed by atoms with Gasteiger partial charge in [-0.2, -0.15) is 0 Å². The molecule has 26 heavy (non-hydrogen) atoms. The van der Waals surface area contributed by atoms with E-state index in [4.69, 9.17) is 23.1 Å². The lowest BCUT2D eigenvalue weighted by Crippen LogP contribution is -2.43. The zero-order chi connectivity index (χ0) is 19.4. The van der Waals surface area contributed by atoms with Gasteiger partial charge in [0.05, 0.1) is 11.3 Å². The van der Waals surface area contributed by atoms with Gasteiger partial charge >= 0.3 is 5.97 Å². The number of carboxylic acids is 1. The molecule has 10 heteroatoms. The normalized spacial score (nSPS) is 16.7. The summed E-state index contributed by atoms with van der Waals surface area (Å²) in [6.45, 7) is 0. The van der Waals surface area contributed by atoms with E-state index < -0.39 is 30.2 Å². The fourth-order valence-electron chi connectivity index (χ4n) is 2.07. The van der Waals surface area contributed by atoms with Gasteiger partial charge < -0.3 is 16.2 Å². The van der Waals surface area contributed by atoms with E-state index in [-0.39, 0.29) is 11.5 Å². The molecule has 1 heterocycles. The Morgan fingerprint density at radius 3 is 2.42 bits per heavy atom. The Balaban J connectivity index is 2.10. The van der Waals surface area contributed by atoms with E-state index in [0.29, 0.717) is 14.8 Å². The minimum Gasteiger partial charge on any atom is -0.480 e. The first-order chi connectivity index (χ1) is 12.2. The zero-order valence-electron chi connectivity index (χ0n) is 13.6. The number of primary amides is 1. The molecule has 0 radical (unpaired) electrons. The Bertz CT molecular complexity index is 820. The van der Waals surface area contributed by atoms with Crippen LogP contribution in [0.15, 0.2) is 29.2 Å². The van der Waals surface area contributed by atoms with Gasteiger partial charge in [0.2, 0.25) is 5.91 Å². The lowest BCUT2D eigenvalue weighted by Gasteiger charge is -2.12. The zero-order valence-corrected chi connectivity index (χ0v) is 15.2. The predicted molar refractivity (Wildman–Crippen MR) is 100 cm³/mol. The molecule has 1 saturated heterocycles. The van der Waals surface area contributed by atoms with E-state index >= 15 is 0 Å². The van der Waals surface area contributed by atoms with E-state index in [1.807, 2.05) is 0 Å². The van der Waals surface area contributed by atoms with Gasteiger partial charge in [0.15, 0.2) is 0 Å². The van der Waals surface area contributed by atoms with E-state index in [2.05, 4.69) is 5.32 Å². The molecule has 8 nitrogen and oxygen atoms in total. The molecule has 136 valence electrons. The average molecular weight is 393 g/mol. The van der Waals surface area contributed by atoms with Gasteiger partial charge in [-0.05, 0) is 23.8 Å². The fraction of sp³-hybridized carbons (Fsp3) is 0.188. The molecular formula is C16H15N3O5S2. The summed E-state index contributed by atoms with van der Waals surface area (Å²) in [7, 11) is 1.59. The van der Waals surface area contributed by atoms with Crippen molar-refractivity contribution in [3.63, 3.8) is 0 Å². The van der Waals surface area contributed by atoms with Crippen LogP contribution >= 0.6 is 24.0 Å². The number of hydrogen-bond donors (Lipinski definition) is 3. The van der Waals surface area contributed by atoms with E-state index in [0.717, 1.165) is 0 Å². The molecule has 1 aromatic rings. The van der Waals surface area contributed by atoms with Crippen LogP contribution in [-0.4, -0.2) is 51.1 Å². The molecule has 1 aromatic carbocycles. The number of carbonyl (C=O) groups is 4. The minimum atomic E-state index is -1.40. The van der Waals surface area contributed by atoms with Gasteiger partial charge in [-0.25, -0.2) is 4.79 Å². The number of nitrogens with two attached hydrogens (primary N) is 1. The van der Waals surface area contributed by atoms with Gasteiger partial charge in [-0.1, -0.05) is 36.1 Å². The second-order valence-electron chi connectivity index (χ2n) is 5.40. The number of benzene rings is 1. The van der Waals surface area contributed by atoms with Crippen LogP contribution in [0.25, 0.3) is 6.08 Å². The van der Waals surface area contributed by atoms with Crippen molar-refractivity contribution in [3.8, 4) is 0 Å². The van der Waals surface area contributed by atoms with Crippen LogP contribution in [0.3, 0.4) is 0 Å². The number of carbonyl (C=O) groups excluding carboxylic acids is 3. The molecule has 1 fully saturated rings. The Morgan fingerprint density at radius 2 is 1.96 bits per heavy atom. The van der Waals surface area contributed by atoms with Crippen molar-refractivity contribution in [2.75, 3.05) is 7.05 Å². The van der Waals surface area contributed by atoms with E-state index in [9.17, 15) is 19.2 Å². The van der Waals surface area contributed by atoms with Crippen LogP contribution < -0.4 is 11.1 Å². The number of thiocarbonyl (C=S) groups is 1. The number of nitrogens with one attached hydrogen (secondary N) is 1. The Morgan fingerprint density at radius 1 is 1.35 bits per heavy atom. The maximum atomic E-state index is 12.1. The quantitative estimate of drug-likeness (QED) is 0.476. The van der Waals surface area contributed by atoms with Crippen LogP contribution in [0.2, 0.25) is 0 Å². The smallest absolute Gasteiger partial charge is 0.326 e. The highest BCUT2D eigenvalue weighted by molar-refractivity contribution is 8.26. The van der Waals surface area contributed by atoms with Crippen molar-refractivity contribution in [2.45, 2.75) is 12.5 Å². The van der Waals surface area contributed by atoms with Crippen LogP contribution in [0.5, 0.6) is 0 Å². The van der Waals surface area contributed by atoms with Crippen LogP contribution in [0.1, 0.15) is 22.3 Å². The van der Waals surface area contributed by atoms with Crippen molar-refractivity contribution in [1.29, 1.82) is 0 Å². The topological polar surface area (TPSA) is 130 Å². The Hall–Kier alpha value is -2.72. The summed E-state index contributed by atoms with van der Waals surface area (Å²) in [5.74, 6) is -3.03. The summed E-state index contributed by atoms with van der Waals surface area (Å²) >= 11 is 6.24. The lowest BCUT2D eigenvalue weighted by atomic mass is 10.1. The maximum Gasteiger partial charge on any atom is 0.326 e. The SMILES string of the molecule is CN1C(=O)C(=Cc2ccc(C(=O)NC(CC(N)=O)C(=O)O)cc2)SC1=S. The first-order valence-electron chi connectivity index (χ1n) is 7.32. The molecular weight excluding hydrogens is 378 g/mol. The first-order valence-corrected chi connectivity index (χ1v) is 8.55. The van der Waals surface area contributed by atoms with E-state index in [1.54, 1.807) is 25.3 Å². The minimum absolute atomic E-state index is 0.197. The van der Waals surface area contributed by atoms with Crippen molar-refractivity contribution < 1.29 is 24.3 Å². The molecule has 0 spiro atoms. The van der Waals surface area contributed by atoms with Crippen LogP contribution in [-0.2, 0) is 14.4 Å². The Labute approximate surface area is 158 Å². The number of rotatable bonds is 6. The third-order valence-electron chi connectivity index (χ3n) is 3.47. The number of likely N-dealkylation sites (N-methyl/N-ethyl adjacent to an activating group) is 1. The monoisotopic (exact) mass is 393 g/mol. The molecule has 0 aliphatic carbocycles. The fourth-order valence-corrected chi connectivity index (χ4v) is 3.25. The molecule has 3 amide bonds. The highest BCUT2D eigenvalue weighted by atomic mass is 32.2. The third-order valence-corrected chi connectivity index (χ3v) is 4.95. The van der Waals surface area contributed by atoms with Gasteiger partial charge in [0.25, 0.3) is 11.8 Å². The summed E-state index contributed by atoms with van der Waals surface area (Å²) < 4.78 is 0.464. The lowest BCUT2D eigenvalue weighted by molar-refractivity contribution is -0.140. The number of aliphatic carboxylic acids is 1. The summed E-state index contributed by atoms with van der Waals surface area (Å²) in [4.78, 5) is 47.8.